The third-order valence-electron chi connectivity index (χ3n) is 6.51. The number of aliphatic hydroxyl groups excluding tert-OH is 1. The number of aliphatic hydroxyl groups is 1. The zero-order valence-electron chi connectivity index (χ0n) is 14.5. The highest BCUT2D eigenvalue weighted by Gasteiger charge is 2.64. The molecule has 0 unspecified atom stereocenters. The van der Waals surface area contributed by atoms with Gasteiger partial charge in [0.15, 0.2) is 5.78 Å². The van der Waals surface area contributed by atoms with Crippen molar-refractivity contribution < 1.29 is 14.7 Å². The van der Waals surface area contributed by atoms with Crippen molar-refractivity contribution in [2.75, 3.05) is 0 Å². The number of carbonyl (C=O) groups excluding carboxylic acids is 2. The molecule has 3 aliphatic rings. The van der Waals surface area contributed by atoms with Gasteiger partial charge in [0.1, 0.15) is 17.4 Å². The minimum atomic E-state index is -0.517. The minimum absolute atomic E-state index is 0.0352. The van der Waals surface area contributed by atoms with Gasteiger partial charge in [-0.1, -0.05) is 12.1 Å². The molecule has 25 heavy (non-hydrogen) atoms. The molecule has 2 saturated heterocycles. The van der Waals surface area contributed by atoms with E-state index < -0.39 is 11.6 Å². The van der Waals surface area contributed by atoms with Crippen molar-refractivity contribution in [2.45, 2.75) is 44.7 Å². The Morgan fingerprint density at radius 1 is 1.32 bits per heavy atom. The fraction of sp³-hybridized carbons (Fsp3) is 0.400. The molecule has 2 N–H and O–H groups in total. The topological polar surface area (TPSA) is 73.4 Å². The highest BCUT2D eigenvalue weighted by molar-refractivity contribution is 6.27. The molecule has 3 heterocycles. The predicted octanol–water partition coefficient (Wildman–Crippen LogP) is 2.83. The highest BCUT2D eigenvalue weighted by Crippen LogP contribution is 2.57. The first kappa shape index (κ1) is 14.8. The van der Waals surface area contributed by atoms with Crippen LogP contribution in [0, 0.1) is 5.92 Å². The molecule has 128 valence electrons. The van der Waals surface area contributed by atoms with Crippen LogP contribution in [0.3, 0.4) is 0 Å². The number of H-pyrrole nitrogens is 1. The van der Waals surface area contributed by atoms with E-state index in [9.17, 15) is 14.7 Å². The maximum absolute atomic E-state index is 13.0. The lowest BCUT2D eigenvalue weighted by Gasteiger charge is -2.37. The molecule has 0 saturated carbocycles. The molecule has 3 atom stereocenters. The van der Waals surface area contributed by atoms with Crippen LogP contribution in [0.1, 0.15) is 37.8 Å². The third kappa shape index (κ3) is 1.54. The molecule has 1 aliphatic carbocycles. The summed E-state index contributed by atoms with van der Waals surface area (Å²) in [5, 5.41) is 11.1. The smallest absolute Gasteiger partial charge is 0.262 e. The second-order valence-electron chi connectivity index (χ2n) is 8.02. The van der Waals surface area contributed by atoms with Gasteiger partial charge >= 0.3 is 0 Å². The number of carbonyl (C=O) groups is 2. The Balaban J connectivity index is 1.78. The predicted molar refractivity (Wildman–Crippen MR) is 93.3 cm³/mol. The van der Waals surface area contributed by atoms with Crippen LogP contribution in [-0.2, 0) is 16.0 Å². The van der Waals surface area contributed by atoms with Crippen molar-refractivity contribution in [1.82, 2.24) is 9.88 Å². The number of nitrogens with one attached hydrogen (secondary N) is 1. The van der Waals surface area contributed by atoms with Crippen LogP contribution in [0.15, 0.2) is 35.7 Å². The molecule has 0 bridgehead atoms. The Morgan fingerprint density at radius 3 is 2.80 bits per heavy atom. The van der Waals surface area contributed by atoms with Crippen LogP contribution in [-0.4, -0.2) is 38.3 Å². The number of Topliss-reactive ketones (excluding diaryl/α,β-unsaturated/α-hetero) is 1. The molecule has 1 aromatic carbocycles. The van der Waals surface area contributed by atoms with Crippen molar-refractivity contribution >= 4 is 22.6 Å². The van der Waals surface area contributed by atoms with Gasteiger partial charge in [0, 0.05) is 28.6 Å². The quantitative estimate of drug-likeness (QED) is 0.441. The highest BCUT2D eigenvalue weighted by atomic mass is 16.3. The van der Waals surface area contributed by atoms with Crippen LogP contribution in [0.4, 0.5) is 0 Å². The lowest BCUT2D eigenvalue weighted by atomic mass is 9.69. The lowest BCUT2D eigenvalue weighted by Crippen LogP contribution is -2.46. The van der Waals surface area contributed by atoms with Crippen LogP contribution < -0.4 is 0 Å². The first-order valence-electron chi connectivity index (χ1n) is 8.70. The monoisotopic (exact) mass is 336 g/mol. The summed E-state index contributed by atoms with van der Waals surface area (Å²) in [6.07, 6.45) is 2.85. The molecule has 5 nitrogen and oxygen atoms in total. The summed E-state index contributed by atoms with van der Waals surface area (Å²) in [5.74, 6) is -0.594. The van der Waals surface area contributed by atoms with Crippen LogP contribution in [0.25, 0.3) is 10.9 Å². The Hall–Kier alpha value is -2.56. The second-order valence-corrected chi connectivity index (χ2v) is 8.02. The van der Waals surface area contributed by atoms with E-state index in [-0.39, 0.29) is 34.9 Å². The van der Waals surface area contributed by atoms with Gasteiger partial charge in [-0.2, -0.15) is 0 Å². The van der Waals surface area contributed by atoms with Crippen molar-refractivity contribution in [3.8, 4) is 0 Å². The van der Waals surface area contributed by atoms with Gasteiger partial charge in [-0.15, -0.1) is 0 Å². The number of hydrogen-bond donors (Lipinski definition) is 2. The van der Waals surface area contributed by atoms with Gasteiger partial charge in [0.25, 0.3) is 5.91 Å². The normalized spacial score (nSPS) is 31.5. The Morgan fingerprint density at radius 2 is 2.08 bits per heavy atom. The SMILES string of the molecule is C/C(O)=C1\C(=O)[C@@H]2[C@H]3c4c[nH]c5cccc(c45)C[C@H]3C(C)(C)N2C1=O. The molecule has 2 aliphatic heterocycles. The Labute approximate surface area is 145 Å². The molecule has 2 fully saturated rings. The number of allylic oxidation sites excluding steroid dienone is 1. The van der Waals surface area contributed by atoms with Gasteiger partial charge in [0.05, 0.1) is 0 Å². The molecule has 1 aromatic heterocycles. The maximum Gasteiger partial charge on any atom is 0.262 e. The minimum Gasteiger partial charge on any atom is -0.512 e. The fourth-order valence-corrected chi connectivity index (χ4v) is 5.45. The van der Waals surface area contributed by atoms with Crippen molar-refractivity contribution in [3.05, 3.63) is 46.9 Å². The first-order chi connectivity index (χ1) is 11.8. The summed E-state index contributed by atoms with van der Waals surface area (Å²) < 4.78 is 0. The summed E-state index contributed by atoms with van der Waals surface area (Å²) in [6.45, 7) is 5.51. The molecule has 2 aromatic rings. The van der Waals surface area contributed by atoms with E-state index in [1.165, 1.54) is 17.9 Å². The van der Waals surface area contributed by atoms with Gasteiger partial charge in [-0.05, 0) is 50.3 Å². The third-order valence-corrected chi connectivity index (χ3v) is 6.51. The van der Waals surface area contributed by atoms with E-state index in [1.807, 2.05) is 32.2 Å². The average molecular weight is 336 g/mol. The number of aromatic amines is 1. The molecular weight excluding hydrogens is 316 g/mol. The maximum atomic E-state index is 13.0. The molecule has 5 heteroatoms. The van der Waals surface area contributed by atoms with Crippen LogP contribution in [0.2, 0.25) is 0 Å². The summed E-state index contributed by atoms with van der Waals surface area (Å²) >= 11 is 0. The standard InChI is InChI=1S/C20H20N2O3/c1-9(23)14-18(24)17-16-11-8-21-13-6-4-5-10(15(11)13)7-12(16)20(2,3)22(17)19(14)25/h4-6,8,12,16-17,21,23H,7H2,1-3H3/b14-9-/t12-,16+,17+/m1/s1. The van der Waals surface area contributed by atoms with Crippen molar-refractivity contribution in [3.63, 3.8) is 0 Å². The second kappa shape index (κ2) is 4.34. The molecule has 0 radical (unpaired) electrons. The Bertz CT molecular complexity index is 994. The molecule has 1 amide bonds. The van der Waals surface area contributed by atoms with Crippen molar-refractivity contribution in [2.24, 2.45) is 5.92 Å². The molecule has 5 rings (SSSR count). The van der Waals surface area contributed by atoms with Crippen LogP contribution in [0.5, 0.6) is 0 Å². The zero-order chi connectivity index (χ0) is 17.7. The van der Waals surface area contributed by atoms with E-state index in [2.05, 4.69) is 11.1 Å². The van der Waals surface area contributed by atoms with Gasteiger partial charge in [-0.3, -0.25) is 9.59 Å². The summed E-state index contributed by atoms with van der Waals surface area (Å²) in [7, 11) is 0. The number of ketones is 1. The van der Waals surface area contributed by atoms with Crippen LogP contribution >= 0.6 is 0 Å². The number of hydrogen-bond acceptors (Lipinski definition) is 3. The number of aromatic nitrogens is 1. The molecule has 0 spiro atoms. The summed E-state index contributed by atoms with van der Waals surface area (Å²) in [6, 6.07) is 5.72. The summed E-state index contributed by atoms with van der Waals surface area (Å²) in [4.78, 5) is 31.0. The van der Waals surface area contributed by atoms with E-state index in [0.717, 1.165) is 17.5 Å². The average Bonchev–Trinajstić information content (AvgIpc) is 3.14. The van der Waals surface area contributed by atoms with Gasteiger partial charge in [-0.25, -0.2) is 0 Å². The molecular formula is C20H20N2O3. The summed E-state index contributed by atoms with van der Waals surface area (Å²) in [5.41, 5.74) is 2.99. The number of rotatable bonds is 0. The fourth-order valence-electron chi connectivity index (χ4n) is 5.45. The number of benzene rings is 1. The van der Waals surface area contributed by atoms with E-state index in [0.29, 0.717) is 0 Å². The zero-order valence-corrected chi connectivity index (χ0v) is 14.5. The largest absolute Gasteiger partial charge is 0.512 e. The Kier molecular flexibility index (Phi) is 2.56. The van der Waals surface area contributed by atoms with Gasteiger partial charge < -0.3 is 15.0 Å². The van der Waals surface area contributed by atoms with Gasteiger partial charge in [0.2, 0.25) is 0 Å². The van der Waals surface area contributed by atoms with Crippen molar-refractivity contribution in [1.29, 1.82) is 0 Å². The first-order valence-corrected chi connectivity index (χ1v) is 8.70. The van der Waals surface area contributed by atoms with E-state index >= 15 is 0 Å². The van der Waals surface area contributed by atoms with E-state index in [4.69, 9.17) is 0 Å². The number of fused-ring (bicyclic) bond motifs is 4. The number of amides is 1. The number of nitrogens with zero attached hydrogens (tertiary/aromatic N) is 1. The lowest BCUT2D eigenvalue weighted by molar-refractivity contribution is -0.130. The van der Waals surface area contributed by atoms with E-state index in [1.54, 1.807) is 4.90 Å².